The van der Waals surface area contributed by atoms with Crippen LogP contribution in [0.15, 0.2) is 72.8 Å². The van der Waals surface area contributed by atoms with Crippen LogP contribution in [0.3, 0.4) is 0 Å². The van der Waals surface area contributed by atoms with Crippen molar-refractivity contribution in [3.05, 3.63) is 77.8 Å². The van der Waals surface area contributed by atoms with Crippen molar-refractivity contribution in [1.29, 1.82) is 0 Å². The van der Waals surface area contributed by atoms with E-state index >= 15 is 0 Å². The number of rotatable bonds is 4. The van der Waals surface area contributed by atoms with Crippen LogP contribution in [0.1, 0.15) is 0 Å². The van der Waals surface area contributed by atoms with E-state index in [-0.39, 0.29) is 0 Å². The molecule has 0 bridgehead atoms. The lowest BCUT2D eigenvalue weighted by Gasteiger charge is -2.11. The first-order valence-corrected chi connectivity index (χ1v) is 7.23. The second-order valence-electron chi connectivity index (χ2n) is 4.85. The SMILES string of the molecule is O[B]Oc1cc(-c2ccccc2)cc(-c2cccc(Cl)c2)c1. The molecule has 3 rings (SSSR count). The topological polar surface area (TPSA) is 29.5 Å². The maximum Gasteiger partial charge on any atom is 0.569 e. The normalized spacial score (nSPS) is 10.3. The fraction of sp³-hybridized carbons (Fsp3) is 0. The fourth-order valence-corrected chi connectivity index (χ4v) is 2.55. The van der Waals surface area contributed by atoms with Gasteiger partial charge in [0, 0.05) is 5.02 Å². The first-order valence-electron chi connectivity index (χ1n) is 6.85. The van der Waals surface area contributed by atoms with Crippen LogP contribution in [0.4, 0.5) is 0 Å². The van der Waals surface area contributed by atoms with E-state index in [4.69, 9.17) is 21.3 Å². The van der Waals surface area contributed by atoms with Gasteiger partial charge in [-0.3, -0.25) is 0 Å². The third-order valence-corrected chi connectivity index (χ3v) is 3.60. The molecule has 0 atom stereocenters. The maximum absolute atomic E-state index is 8.92. The molecule has 0 aliphatic heterocycles. The lowest BCUT2D eigenvalue weighted by Crippen LogP contribution is -2.00. The molecular formula is C18H13BClO2. The molecule has 2 nitrogen and oxygen atoms in total. The van der Waals surface area contributed by atoms with Crippen LogP contribution in [-0.2, 0) is 0 Å². The molecule has 0 saturated carbocycles. The summed E-state index contributed by atoms with van der Waals surface area (Å²) in [4.78, 5) is 0. The van der Waals surface area contributed by atoms with Gasteiger partial charge in [0.1, 0.15) is 5.75 Å². The Kier molecular flexibility index (Phi) is 4.47. The van der Waals surface area contributed by atoms with Crippen molar-refractivity contribution in [1.82, 2.24) is 0 Å². The number of halogens is 1. The quantitative estimate of drug-likeness (QED) is 0.715. The van der Waals surface area contributed by atoms with Crippen LogP contribution in [-0.4, -0.2) is 12.7 Å². The minimum Gasteiger partial charge on any atom is -0.537 e. The van der Waals surface area contributed by atoms with Crippen molar-refractivity contribution in [3.8, 4) is 28.0 Å². The number of hydrogen-bond donors (Lipinski definition) is 1. The summed E-state index contributed by atoms with van der Waals surface area (Å²) in [5, 5.41) is 9.60. The predicted octanol–water partition coefficient (Wildman–Crippen LogP) is 4.58. The second-order valence-corrected chi connectivity index (χ2v) is 5.28. The van der Waals surface area contributed by atoms with Crippen LogP contribution in [0.25, 0.3) is 22.3 Å². The van der Waals surface area contributed by atoms with Gasteiger partial charge in [-0.2, -0.15) is 0 Å². The Morgan fingerprint density at radius 1 is 0.727 bits per heavy atom. The molecule has 1 N–H and O–H groups in total. The van der Waals surface area contributed by atoms with E-state index < -0.39 is 0 Å². The van der Waals surface area contributed by atoms with Gasteiger partial charge in [0.15, 0.2) is 0 Å². The summed E-state index contributed by atoms with van der Waals surface area (Å²) >= 11 is 6.08. The van der Waals surface area contributed by atoms with Gasteiger partial charge in [0.25, 0.3) is 0 Å². The Morgan fingerprint density at radius 2 is 1.41 bits per heavy atom. The van der Waals surface area contributed by atoms with Crippen LogP contribution in [0.5, 0.6) is 5.75 Å². The Balaban J connectivity index is 2.12. The second kappa shape index (κ2) is 6.69. The van der Waals surface area contributed by atoms with E-state index in [1.165, 1.54) is 0 Å². The van der Waals surface area contributed by atoms with Crippen LogP contribution < -0.4 is 4.65 Å². The van der Waals surface area contributed by atoms with Crippen molar-refractivity contribution in [2.24, 2.45) is 0 Å². The first kappa shape index (κ1) is 14.7. The molecule has 1 radical (unpaired) electrons. The van der Waals surface area contributed by atoms with Gasteiger partial charge in [-0.25, -0.2) is 0 Å². The van der Waals surface area contributed by atoms with E-state index in [9.17, 15) is 0 Å². The predicted molar refractivity (Wildman–Crippen MR) is 90.9 cm³/mol. The van der Waals surface area contributed by atoms with E-state index in [0.29, 0.717) is 18.5 Å². The van der Waals surface area contributed by atoms with Gasteiger partial charge in [-0.05, 0) is 52.6 Å². The van der Waals surface area contributed by atoms with Crippen molar-refractivity contribution < 1.29 is 9.68 Å². The van der Waals surface area contributed by atoms with Crippen LogP contribution >= 0.6 is 11.6 Å². The molecule has 3 aromatic rings. The zero-order valence-electron chi connectivity index (χ0n) is 11.7. The highest BCUT2D eigenvalue weighted by atomic mass is 35.5. The van der Waals surface area contributed by atoms with Gasteiger partial charge < -0.3 is 9.68 Å². The molecule has 0 fully saturated rings. The molecule has 0 amide bonds. The smallest absolute Gasteiger partial charge is 0.537 e. The summed E-state index contributed by atoms with van der Waals surface area (Å²) in [6.45, 7) is 0. The van der Waals surface area contributed by atoms with E-state index in [1.807, 2.05) is 66.7 Å². The van der Waals surface area contributed by atoms with E-state index in [2.05, 4.69) is 6.07 Å². The summed E-state index contributed by atoms with van der Waals surface area (Å²) in [5.74, 6) is 0.568. The standard InChI is InChI=1S/C18H13BClO2/c20-17-8-4-7-14(10-17)16-9-15(11-18(12-16)22-19-21)13-5-2-1-3-6-13/h1-12,21H. The Bertz CT molecular complexity index is 775. The molecule has 4 heteroatoms. The molecule has 0 aromatic heterocycles. The summed E-state index contributed by atoms with van der Waals surface area (Å²) in [6, 6.07) is 23.5. The molecule has 0 spiro atoms. The van der Waals surface area contributed by atoms with E-state index in [1.54, 1.807) is 0 Å². The highest BCUT2D eigenvalue weighted by molar-refractivity contribution is 6.30. The third-order valence-electron chi connectivity index (χ3n) is 3.36. The average molecular weight is 308 g/mol. The number of hydrogen-bond acceptors (Lipinski definition) is 2. The maximum atomic E-state index is 8.92. The van der Waals surface area contributed by atoms with Crippen LogP contribution in [0.2, 0.25) is 5.02 Å². The molecule has 22 heavy (non-hydrogen) atoms. The van der Waals surface area contributed by atoms with Gasteiger partial charge in [0.2, 0.25) is 0 Å². The van der Waals surface area contributed by atoms with Gasteiger partial charge in [-0.15, -0.1) is 0 Å². The molecule has 0 heterocycles. The minimum atomic E-state index is 0.568. The number of benzene rings is 3. The molecule has 0 unspecified atom stereocenters. The average Bonchev–Trinajstić information content (AvgIpc) is 2.56. The molecule has 0 aliphatic rings. The minimum absolute atomic E-state index is 0.568. The molecule has 0 aliphatic carbocycles. The Labute approximate surface area is 135 Å². The van der Waals surface area contributed by atoms with Crippen LogP contribution in [0, 0.1) is 0 Å². The molecule has 0 saturated heterocycles. The highest BCUT2D eigenvalue weighted by Gasteiger charge is 2.07. The summed E-state index contributed by atoms with van der Waals surface area (Å²) in [7, 11) is 0.686. The molecular weight excluding hydrogens is 294 g/mol. The van der Waals surface area contributed by atoms with Crippen molar-refractivity contribution in [2.75, 3.05) is 0 Å². The lowest BCUT2D eigenvalue weighted by molar-refractivity contribution is 0.454. The van der Waals surface area contributed by atoms with Gasteiger partial charge >= 0.3 is 7.69 Å². The van der Waals surface area contributed by atoms with Crippen molar-refractivity contribution in [2.45, 2.75) is 0 Å². The monoisotopic (exact) mass is 307 g/mol. The van der Waals surface area contributed by atoms with Gasteiger partial charge in [-0.1, -0.05) is 54.1 Å². The van der Waals surface area contributed by atoms with Crippen molar-refractivity contribution >= 4 is 19.3 Å². The van der Waals surface area contributed by atoms with E-state index in [0.717, 1.165) is 22.3 Å². The zero-order chi connectivity index (χ0) is 15.4. The van der Waals surface area contributed by atoms with Crippen molar-refractivity contribution in [3.63, 3.8) is 0 Å². The molecule has 107 valence electrons. The lowest BCUT2D eigenvalue weighted by atomic mass is 9.98. The Hall–Kier alpha value is -2.23. The largest absolute Gasteiger partial charge is 0.569 e. The molecule has 3 aromatic carbocycles. The summed E-state index contributed by atoms with van der Waals surface area (Å²) < 4.78 is 5.16. The van der Waals surface area contributed by atoms with Gasteiger partial charge in [0.05, 0.1) is 0 Å². The summed E-state index contributed by atoms with van der Waals surface area (Å²) in [5.41, 5.74) is 4.05. The zero-order valence-corrected chi connectivity index (χ0v) is 12.5. The Morgan fingerprint density at radius 3 is 2.09 bits per heavy atom. The third kappa shape index (κ3) is 3.33. The summed E-state index contributed by atoms with van der Waals surface area (Å²) in [6.07, 6.45) is 0. The fourth-order valence-electron chi connectivity index (χ4n) is 2.36. The first-order chi connectivity index (χ1) is 10.8. The highest BCUT2D eigenvalue weighted by Crippen LogP contribution is 2.32.